The van der Waals surface area contributed by atoms with E-state index >= 15 is 0 Å². The quantitative estimate of drug-likeness (QED) is 0.294. The molecule has 6 nitrogen and oxygen atoms in total. The van der Waals surface area contributed by atoms with Crippen LogP contribution in [0.3, 0.4) is 0 Å². The van der Waals surface area contributed by atoms with Crippen molar-refractivity contribution in [3.8, 4) is 23.0 Å². The average Bonchev–Trinajstić information content (AvgIpc) is 3.09. The predicted molar refractivity (Wildman–Crippen MR) is 141 cm³/mol. The predicted octanol–water partition coefficient (Wildman–Crippen LogP) is 5.58. The summed E-state index contributed by atoms with van der Waals surface area (Å²) in [7, 11) is 4.82. The number of hydrogen-bond acceptors (Lipinski definition) is 7. The number of rotatable bonds is 11. The third kappa shape index (κ3) is 6.45. The maximum Gasteiger partial charge on any atom is 0.266 e. The minimum atomic E-state index is -0.0910. The highest BCUT2D eigenvalue weighted by atomic mass is 32.2. The molecule has 182 valence electrons. The number of thiocarbonyl (C=S) groups is 1. The van der Waals surface area contributed by atoms with E-state index in [0.29, 0.717) is 57.7 Å². The molecular weight excluding hydrogens is 470 g/mol. The van der Waals surface area contributed by atoms with Crippen LogP contribution in [0.2, 0.25) is 0 Å². The van der Waals surface area contributed by atoms with E-state index < -0.39 is 0 Å². The number of ether oxygens (including phenoxy) is 4. The molecule has 0 aliphatic carbocycles. The Kier molecular flexibility index (Phi) is 9.24. The molecule has 1 heterocycles. The summed E-state index contributed by atoms with van der Waals surface area (Å²) < 4.78 is 22.6. The lowest BCUT2D eigenvalue weighted by atomic mass is 10.1. The van der Waals surface area contributed by atoms with Gasteiger partial charge in [-0.3, -0.25) is 9.69 Å². The Morgan fingerprint density at radius 1 is 0.971 bits per heavy atom. The van der Waals surface area contributed by atoms with Gasteiger partial charge in [0.05, 0.1) is 32.8 Å². The summed E-state index contributed by atoms with van der Waals surface area (Å²) in [5.41, 5.74) is 1.89. The van der Waals surface area contributed by atoms with E-state index in [1.54, 1.807) is 26.2 Å². The van der Waals surface area contributed by atoms with Crippen LogP contribution in [-0.4, -0.2) is 49.6 Å². The van der Waals surface area contributed by atoms with Gasteiger partial charge < -0.3 is 18.9 Å². The Labute approximate surface area is 211 Å². The van der Waals surface area contributed by atoms with E-state index in [2.05, 4.69) is 13.8 Å². The summed E-state index contributed by atoms with van der Waals surface area (Å²) in [5.74, 6) is 3.15. The summed E-state index contributed by atoms with van der Waals surface area (Å²) in [5, 5.41) is 0. The molecule has 0 spiro atoms. The largest absolute Gasteiger partial charge is 0.493 e. The number of amides is 1. The summed E-state index contributed by atoms with van der Waals surface area (Å²) in [6, 6.07) is 11.4. The molecular formula is C26H31NO5S2. The molecule has 1 aliphatic rings. The SMILES string of the molecule is COc1ccc(CCN2C(=O)C(=Cc3ccc(OCCC(C)C)c(OC)c3)SC2=S)cc1OC. The summed E-state index contributed by atoms with van der Waals surface area (Å²) >= 11 is 6.80. The van der Waals surface area contributed by atoms with Gasteiger partial charge in [-0.05, 0) is 60.2 Å². The van der Waals surface area contributed by atoms with Crippen molar-refractivity contribution in [1.82, 2.24) is 4.90 Å². The molecule has 1 saturated heterocycles. The zero-order chi connectivity index (χ0) is 24.7. The smallest absolute Gasteiger partial charge is 0.266 e. The van der Waals surface area contributed by atoms with Crippen LogP contribution >= 0.6 is 24.0 Å². The van der Waals surface area contributed by atoms with Crippen LogP contribution in [0.5, 0.6) is 23.0 Å². The van der Waals surface area contributed by atoms with Crippen molar-refractivity contribution in [3.05, 3.63) is 52.4 Å². The normalized spacial score (nSPS) is 14.8. The third-order valence-electron chi connectivity index (χ3n) is 5.38. The highest BCUT2D eigenvalue weighted by Crippen LogP contribution is 2.35. The van der Waals surface area contributed by atoms with Crippen molar-refractivity contribution < 1.29 is 23.7 Å². The van der Waals surface area contributed by atoms with E-state index in [1.165, 1.54) is 11.8 Å². The number of nitrogens with zero attached hydrogens (tertiary/aromatic N) is 1. The van der Waals surface area contributed by atoms with Crippen LogP contribution in [0.1, 0.15) is 31.4 Å². The fraction of sp³-hybridized carbons (Fsp3) is 0.385. The molecule has 8 heteroatoms. The minimum absolute atomic E-state index is 0.0910. The Hall–Kier alpha value is -2.71. The zero-order valence-electron chi connectivity index (χ0n) is 20.3. The monoisotopic (exact) mass is 501 g/mol. The van der Waals surface area contributed by atoms with Crippen molar-refractivity contribution in [3.63, 3.8) is 0 Å². The first kappa shape index (κ1) is 25.9. The minimum Gasteiger partial charge on any atom is -0.493 e. The zero-order valence-corrected chi connectivity index (χ0v) is 21.9. The molecule has 0 unspecified atom stereocenters. The number of hydrogen-bond donors (Lipinski definition) is 0. The van der Waals surface area contributed by atoms with Crippen LogP contribution in [0.4, 0.5) is 0 Å². The first-order valence-corrected chi connectivity index (χ1v) is 12.4. The Bertz CT molecular complexity index is 1070. The first-order chi connectivity index (χ1) is 16.4. The van der Waals surface area contributed by atoms with Gasteiger partial charge in [0.15, 0.2) is 23.0 Å². The molecule has 1 amide bonds. The van der Waals surface area contributed by atoms with E-state index in [0.717, 1.165) is 17.5 Å². The second kappa shape index (κ2) is 12.1. The van der Waals surface area contributed by atoms with E-state index in [9.17, 15) is 4.79 Å². The molecule has 34 heavy (non-hydrogen) atoms. The molecule has 2 aromatic rings. The van der Waals surface area contributed by atoms with Crippen LogP contribution in [0.25, 0.3) is 6.08 Å². The second-order valence-corrected chi connectivity index (χ2v) is 9.89. The fourth-order valence-corrected chi connectivity index (χ4v) is 4.73. The summed E-state index contributed by atoms with van der Waals surface area (Å²) in [6.07, 6.45) is 3.46. The number of methoxy groups -OCH3 is 3. The third-order valence-corrected chi connectivity index (χ3v) is 6.76. The summed E-state index contributed by atoms with van der Waals surface area (Å²) in [4.78, 5) is 15.3. The van der Waals surface area contributed by atoms with Gasteiger partial charge in [-0.1, -0.05) is 50.0 Å². The van der Waals surface area contributed by atoms with Crippen LogP contribution in [0.15, 0.2) is 41.3 Å². The molecule has 0 saturated carbocycles. The van der Waals surface area contributed by atoms with Crippen molar-refractivity contribution in [2.75, 3.05) is 34.5 Å². The van der Waals surface area contributed by atoms with E-state index in [-0.39, 0.29) is 5.91 Å². The highest BCUT2D eigenvalue weighted by Gasteiger charge is 2.31. The maximum absolute atomic E-state index is 13.0. The maximum atomic E-state index is 13.0. The lowest BCUT2D eigenvalue weighted by molar-refractivity contribution is -0.122. The van der Waals surface area contributed by atoms with E-state index in [1.807, 2.05) is 42.5 Å². The van der Waals surface area contributed by atoms with Crippen LogP contribution in [0, 0.1) is 5.92 Å². The van der Waals surface area contributed by atoms with Crippen LogP contribution in [-0.2, 0) is 11.2 Å². The fourth-order valence-electron chi connectivity index (χ4n) is 3.42. The number of carbonyl (C=O) groups is 1. The molecule has 0 bridgehead atoms. The summed E-state index contributed by atoms with van der Waals surface area (Å²) in [6.45, 7) is 5.44. The Balaban J connectivity index is 1.68. The Morgan fingerprint density at radius 2 is 1.65 bits per heavy atom. The van der Waals surface area contributed by atoms with Gasteiger partial charge in [-0.15, -0.1) is 0 Å². The topological polar surface area (TPSA) is 57.2 Å². The second-order valence-electron chi connectivity index (χ2n) is 8.21. The highest BCUT2D eigenvalue weighted by molar-refractivity contribution is 8.26. The van der Waals surface area contributed by atoms with Gasteiger partial charge in [0.25, 0.3) is 5.91 Å². The molecule has 2 aromatic carbocycles. The number of thioether (sulfide) groups is 1. The lowest BCUT2D eigenvalue weighted by Gasteiger charge is -2.15. The lowest BCUT2D eigenvalue weighted by Crippen LogP contribution is -2.30. The van der Waals surface area contributed by atoms with Gasteiger partial charge in [-0.25, -0.2) is 0 Å². The van der Waals surface area contributed by atoms with Crippen molar-refractivity contribution >= 4 is 40.3 Å². The molecule has 0 N–H and O–H groups in total. The van der Waals surface area contributed by atoms with Gasteiger partial charge in [0.1, 0.15) is 4.32 Å². The van der Waals surface area contributed by atoms with Gasteiger partial charge in [0.2, 0.25) is 0 Å². The van der Waals surface area contributed by atoms with Crippen molar-refractivity contribution in [1.29, 1.82) is 0 Å². The molecule has 0 atom stereocenters. The average molecular weight is 502 g/mol. The van der Waals surface area contributed by atoms with E-state index in [4.69, 9.17) is 31.2 Å². The van der Waals surface area contributed by atoms with Gasteiger partial charge in [-0.2, -0.15) is 0 Å². The van der Waals surface area contributed by atoms with Crippen molar-refractivity contribution in [2.45, 2.75) is 26.7 Å². The standard InChI is InChI=1S/C26H31NO5S2/c1-17(2)11-13-32-21-9-7-19(15-23(21)31-5)16-24-25(28)27(26(33)34-24)12-10-18-6-8-20(29-3)22(14-18)30-4/h6-9,14-17H,10-13H2,1-5H3. The molecule has 1 aliphatic heterocycles. The Morgan fingerprint density at radius 3 is 2.32 bits per heavy atom. The molecule has 0 aromatic heterocycles. The first-order valence-electron chi connectivity index (χ1n) is 11.1. The molecule has 1 fully saturated rings. The van der Waals surface area contributed by atoms with Gasteiger partial charge >= 0.3 is 0 Å². The molecule has 0 radical (unpaired) electrons. The number of carbonyl (C=O) groups excluding carboxylic acids is 1. The van der Waals surface area contributed by atoms with Crippen molar-refractivity contribution in [2.24, 2.45) is 5.92 Å². The van der Waals surface area contributed by atoms with Crippen LogP contribution < -0.4 is 18.9 Å². The van der Waals surface area contributed by atoms with Gasteiger partial charge in [0, 0.05) is 6.54 Å². The molecule has 3 rings (SSSR count). The number of benzene rings is 2.